The van der Waals surface area contributed by atoms with Crippen molar-refractivity contribution in [2.45, 2.75) is 32.9 Å². The van der Waals surface area contributed by atoms with Crippen LogP contribution in [0, 0.1) is 0 Å². The minimum absolute atomic E-state index is 0.399. The fraction of sp³-hybridized carbons (Fsp3) is 0.600. The van der Waals surface area contributed by atoms with E-state index in [1.54, 1.807) is 18.7 Å². The first-order valence-corrected chi connectivity index (χ1v) is 5.51. The summed E-state index contributed by atoms with van der Waals surface area (Å²) < 4.78 is 1.68. The molecule has 0 fully saturated rings. The van der Waals surface area contributed by atoms with E-state index in [0.29, 0.717) is 11.6 Å². The normalized spacial score (nSPS) is 12.8. The maximum atomic E-state index is 10.6. The van der Waals surface area contributed by atoms with Crippen molar-refractivity contribution in [2.24, 2.45) is 7.05 Å². The lowest BCUT2D eigenvalue weighted by Gasteiger charge is -2.09. The first kappa shape index (κ1) is 13.0. The van der Waals surface area contributed by atoms with Gasteiger partial charge in [0.15, 0.2) is 0 Å². The fourth-order valence-corrected chi connectivity index (χ4v) is 1.71. The molecule has 0 aliphatic carbocycles. The summed E-state index contributed by atoms with van der Waals surface area (Å²) in [7, 11) is 1.80. The standard InChI is InChI=1S/C10H16ClN3O2/c1-4-7-9(11)8(14(3)13-7)5-12-6(2)10(15)16/h6,12H,4-5H2,1-3H3,(H,15,16). The van der Waals surface area contributed by atoms with Crippen molar-refractivity contribution in [3.63, 3.8) is 0 Å². The summed E-state index contributed by atoms with van der Waals surface area (Å²) >= 11 is 6.12. The number of halogens is 1. The lowest BCUT2D eigenvalue weighted by molar-refractivity contribution is -0.139. The molecule has 90 valence electrons. The van der Waals surface area contributed by atoms with E-state index >= 15 is 0 Å². The van der Waals surface area contributed by atoms with E-state index in [0.717, 1.165) is 17.8 Å². The third-order valence-corrected chi connectivity index (χ3v) is 2.89. The van der Waals surface area contributed by atoms with Gasteiger partial charge in [-0.25, -0.2) is 0 Å². The summed E-state index contributed by atoms with van der Waals surface area (Å²) in [6.45, 7) is 3.97. The second kappa shape index (κ2) is 5.32. The molecule has 2 N–H and O–H groups in total. The highest BCUT2D eigenvalue weighted by Gasteiger charge is 2.15. The molecule has 1 unspecified atom stereocenters. The van der Waals surface area contributed by atoms with Crippen molar-refractivity contribution in [3.05, 3.63) is 16.4 Å². The zero-order chi connectivity index (χ0) is 12.3. The van der Waals surface area contributed by atoms with Crippen molar-refractivity contribution in [1.29, 1.82) is 0 Å². The Hall–Kier alpha value is -1.07. The number of carboxylic acids is 1. The molecule has 1 aromatic heterocycles. The van der Waals surface area contributed by atoms with Crippen molar-refractivity contribution in [1.82, 2.24) is 15.1 Å². The maximum Gasteiger partial charge on any atom is 0.320 e. The van der Waals surface area contributed by atoms with Gasteiger partial charge < -0.3 is 5.11 Å². The Morgan fingerprint density at radius 3 is 2.75 bits per heavy atom. The summed E-state index contributed by atoms with van der Waals surface area (Å²) in [5.41, 5.74) is 1.65. The van der Waals surface area contributed by atoms with E-state index in [9.17, 15) is 4.79 Å². The van der Waals surface area contributed by atoms with Crippen molar-refractivity contribution >= 4 is 17.6 Å². The summed E-state index contributed by atoms with van der Waals surface area (Å²) in [6, 6.07) is -0.601. The van der Waals surface area contributed by atoms with Crippen LogP contribution in [0.2, 0.25) is 5.02 Å². The zero-order valence-corrected chi connectivity index (χ0v) is 10.4. The smallest absolute Gasteiger partial charge is 0.320 e. The Balaban J connectivity index is 2.74. The highest BCUT2D eigenvalue weighted by atomic mass is 35.5. The lowest BCUT2D eigenvalue weighted by Crippen LogP contribution is -2.33. The SMILES string of the molecule is CCc1nn(C)c(CNC(C)C(=O)O)c1Cl. The van der Waals surface area contributed by atoms with Crippen molar-refractivity contribution in [2.75, 3.05) is 0 Å². The van der Waals surface area contributed by atoms with Crippen LogP contribution < -0.4 is 5.32 Å². The molecule has 5 nitrogen and oxygen atoms in total. The Morgan fingerprint density at radius 2 is 2.31 bits per heavy atom. The fourth-order valence-electron chi connectivity index (χ4n) is 1.35. The van der Waals surface area contributed by atoms with Crippen molar-refractivity contribution < 1.29 is 9.90 Å². The molecule has 6 heteroatoms. The molecule has 0 amide bonds. The van der Waals surface area contributed by atoms with Crippen LogP contribution in [0.5, 0.6) is 0 Å². The van der Waals surface area contributed by atoms with Gasteiger partial charge in [-0.1, -0.05) is 18.5 Å². The van der Waals surface area contributed by atoms with Gasteiger partial charge in [-0.3, -0.25) is 14.8 Å². The Morgan fingerprint density at radius 1 is 1.69 bits per heavy atom. The quantitative estimate of drug-likeness (QED) is 0.818. The summed E-state index contributed by atoms with van der Waals surface area (Å²) in [5.74, 6) is -0.881. The van der Waals surface area contributed by atoms with Gasteiger partial charge in [0.1, 0.15) is 6.04 Å². The molecule has 0 aromatic carbocycles. The number of nitrogens with zero attached hydrogens (tertiary/aromatic N) is 2. The molecule has 16 heavy (non-hydrogen) atoms. The molecule has 0 saturated carbocycles. The maximum absolute atomic E-state index is 10.6. The number of carboxylic acid groups (broad SMARTS) is 1. The highest BCUT2D eigenvalue weighted by Crippen LogP contribution is 2.20. The number of nitrogens with one attached hydrogen (secondary N) is 1. The van der Waals surface area contributed by atoms with Crippen LogP contribution in [0.4, 0.5) is 0 Å². The van der Waals surface area contributed by atoms with Crippen LogP contribution in [-0.4, -0.2) is 26.9 Å². The third-order valence-electron chi connectivity index (χ3n) is 2.45. The molecule has 1 aromatic rings. The second-order valence-electron chi connectivity index (χ2n) is 3.63. The van der Waals surface area contributed by atoms with E-state index in [1.165, 1.54) is 0 Å². The van der Waals surface area contributed by atoms with Crippen LogP contribution in [0.25, 0.3) is 0 Å². The van der Waals surface area contributed by atoms with E-state index in [4.69, 9.17) is 16.7 Å². The van der Waals surface area contributed by atoms with Gasteiger partial charge in [0.2, 0.25) is 0 Å². The number of aryl methyl sites for hydroxylation is 2. The van der Waals surface area contributed by atoms with Gasteiger partial charge in [-0.15, -0.1) is 0 Å². The second-order valence-corrected chi connectivity index (χ2v) is 4.00. The monoisotopic (exact) mass is 245 g/mol. The Bertz CT molecular complexity index is 390. The molecule has 0 aliphatic heterocycles. The Labute approximate surface area is 99.4 Å². The molecule has 1 heterocycles. The molecular formula is C10H16ClN3O2. The zero-order valence-electron chi connectivity index (χ0n) is 9.62. The predicted molar refractivity (Wildman–Crippen MR) is 61.5 cm³/mol. The van der Waals surface area contributed by atoms with Crippen molar-refractivity contribution in [3.8, 4) is 0 Å². The van der Waals surface area contributed by atoms with Gasteiger partial charge in [0.25, 0.3) is 0 Å². The molecule has 1 rings (SSSR count). The predicted octanol–water partition coefficient (Wildman–Crippen LogP) is 1.20. The summed E-state index contributed by atoms with van der Waals surface area (Å²) in [4.78, 5) is 10.6. The minimum Gasteiger partial charge on any atom is -0.480 e. The highest BCUT2D eigenvalue weighted by molar-refractivity contribution is 6.31. The lowest BCUT2D eigenvalue weighted by atomic mass is 10.3. The van der Waals surface area contributed by atoms with Gasteiger partial charge in [-0.2, -0.15) is 5.10 Å². The first-order valence-electron chi connectivity index (χ1n) is 5.13. The van der Waals surface area contributed by atoms with Gasteiger partial charge in [0, 0.05) is 13.6 Å². The molecular weight excluding hydrogens is 230 g/mol. The third kappa shape index (κ3) is 2.74. The number of aromatic nitrogens is 2. The molecule has 0 bridgehead atoms. The van der Waals surface area contributed by atoms with Crippen LogP contribution in [0.1, 0.15) is 25.2 Å². The number of aliphatic carboxylic acids is 1. The molecule has 0 aliphatic rings. The summed E-state index contributed by atoms with van der Waals surface area (Å²) in [6.07, 6.45) is 0.765. The number of carbonyl (C=O) groups is 1. The molecule has 0 saturated heterocycles. The van der Waals surface area contributed by atoms with Gasteiger partial charge >= 0.3 is 5.97 Å². The van der Waals surface area contributed by atoms with Gasteiger partial charge in [0.05, 0.1) is 16.4 Å². The first-order chi connectivity index (χ1) is 7.47. The molecule has 0 radical (unpaired) electrons. The van der Waals surface area contributed by atoms with E-state index in [-0.39, 0.29) is 0 Å². The minimum atomic E-state index is -0.881. The van der Waals surface area contributed by atoms with E-state index < -0.39 is 12.0 Å². The van der Waals surface area contributed by atoms with Crippen LogP contribution in [0.15, 0.2) is 0 Å². The van der Waals surface area contributed by atoms with Crippen LogP contribution in [0.3, 0.4) is 0 Å². The van der Waals surface area contributed by atoms with Crippen LogP contribution in [-0.2, 0) is 24.8 Å². The Kier molecular flexibility index (Phi) is 4.32. The van der Waals surface area contributed by atoms with E-state index in [2.05, 4.69) is 10.4 Å². The van der Waals surface area contributed by atoms with Gasteiger partial charge in [-0.05, 0) is 13.3 Å². The van der Waals surface area contributed by atoms with Crippen LogP contribution >= 0.6 is 11.6 Å². The number of hydrogen-bond acceptors (Lipinski definition) is 3. The summed E-state index contributed by atoms with van der Waals surface area (Å²) in [5, 5.41) is 16.5. The molecule has 1 atom stereocenters. The largest absolute Gasteiger partial charge is 0.480 e. The average molecular weight is 246 g/mol. The number of hydrogen-bond donors (Lipinski definition) is 2. The topological polar surface area (TPSA) is 67.2 Å². The number of rotatable bonds is 5. The molecule has 0 spiro atoms. The average Bonchev–Trinajstić information content (AvgIpc) is 2.51. The van der Waals surface area contributed by atoms with E-state index in [1.807, 2.05) is 6.92 Å².